The molecule has 0 aromatic heterocycles. The fourth-order valence-corrected chi connectivity index (χ4v) is 2.57. The van der Waals surface area contributed by atoms with Gasteiger partial charge >= 0.3 is 0 Å². The normalized spacial score (nSPS) is 10.2. The molecule has 2 aromatic rings. The third-order valence-corrected chi connectivity index (χ3v) is 3.92. The zero-order valence-electron chi connectivity index (χ0n) is 12.2. The van der Waals surface area contributed by atoms with E-state index in [1.807, 2.05) is 48.5 Å². The average Bonchev–Trinajstić information content (AvgIpc) is 2.52. The maximum absolute atomic E-state index is 11.2. The second kappa shape index (κ2) is 7.74. The first-order valence-electron chi connectivity index (χ1n) is 6.70. The average molecular weight is 302 g/mol. The van der Waals surface area contributed by atoms with Crippen molar-refractivity contribution in [2.24, 2.45) is 0 Å². The van der Waals surface area contributed by atoms with Gasteiger partial charge < -0.3 is 9.47 Å². The Balaban J connectivity index is 1.80. The van der Waals surface area contributed by atoms with Crippen LogP contribution in [0.15, 0.2) is 53.4 Å². The van der Waals surface area contributed by atoms with Crippen LogP contribution in [-0.2, 0) is 0 Å². The summed E-state index contributed by atoms with van der Waals surface area (Å²) in [7, 11) is 1.63. The zero-order valence-corrected chi connectivity index (χ0v) is 13.0. The van der Waals surface area contributed by atoms with Crippen LogP contribution in [0.2, 0.25) is 0 Å². The number of benzene rings is 2. The number of rotatable bonds is 7. The van der Waals surface area contributed by atoms with Gasteiger partial charge in [-0.3, -0.25) is 4.79 Å². The Labute approximate surface area is 129 Å². The van der Waals surface area contributed by atoms with Gasteiger partial charge in [0.2, 0.25) is 0 Å². The maximum Gasteiger partial charge on any atom is 0.161 e. The largest absolute Gasteiger partial charge is 0.493 e. The first kappa shape index (κ1) is 15.4. The second-order valence-corrected chi connectivity index (χ2v) is 5.60. The third kappa shape index (κ3) is 4.53. The van der Waals surface area contributed by atoms with Crippen LogP contribution in [0.5, 0.6) is 11.5 Å². The van der Waals surface area contributed by atoms with Crippen molar-refractivity contribution in [1.82, 2.24) is 0 Å². The number of methoxy groups -OCH3 is 1. The van der Waals surface area contributed by atoms with Crippen molar-refractivity contribution in [2.75, 3.05) is 19.5 Å². The monoisotopic (exact) mass is 302 g/mol. The number of ether oxygens (including phenoxy) is 2. The Morgan fingerprint density at radius 3 is 2.33 bits per heavy atom. The molecule has 0 heterocycles. The summed E-state index contributed by atoms with van der Waals surface area (Å²) in [5.74, 6) is 2.42. The van der Waals surface area contributed by atoms with Crippen LogP contribution in [0.4, 0.5) is 0 Å². The molecule has 0 aliphatic carbocycles. The Kier molecular flexibility index (Phi) is 5.69. The molecule has 21 heavy (non-hydrogen) atoms. The summed E-state index contributed by atoms with van der Waals surface area (Å²) in [5, 5.41) is 0. The van der Waals surface area contributed by atoms with Gasteiger partial charge in [0.05, 0.1) is 13.7 Å². The summed E-state index contributed by atoms with van der Waals surface area (Å²) in [6.07, 6.45) is 0. The van der Waals surface area contributed by atoms with Gasteiger partial charge in [0.25, 0.3) is 0 Å². The van der Waals surface area contributed by atoms with Crippen molar-refractivity contribution in [3.05, 3.63) is 54.1 Å². The lowest BCUT2D eigenvalue weighted by atomic mass is 10.2. The number of hydrogen-bond donors (Lipinski definition) is 0. The molecule has 0 bridgehead atoms. The van der Waals surface area contributed by atoms with Crippen LogP contribution in [0.1, 0.15) is 17.3 Å². The van der Waals surface area contributed by atoms with Crippen LogP contribution in [0.3, 0.4) is 0 Å². The predicted molar refractivity (Wildman–Crippen MR) is 85.7 cm³/mol. The molecule has 0 N–H and O–H groups in total. The molecule has 0 aliphatic rings. The molecule has 3 nitrogen and oxygen atoms in total. The number of para-hydroxylation sites is 2. The van der Waals surface area contributed by atoms with Crippen LogP contribution in [0.25, 0.3) is 0 Å². The highest BCUT2D eigenvalue weighted by Crippen LogP contribution is 2.26. The summed E-state index contributed by atoms with van der Waals surface area (Å²) in [4.78, 5) is 12.3. The lowest BCUT2D eigenvalue weighted by Crippen LogP contribution is -2.01. The van der Waals surface area contributed by atoms with E-state index in [1.165, 1.54) is 0 Å². The second-order valence-electron chi connectivity index (χ2n) is 4.43. The topological polar surface area (TPSA) is 35.5 Å². The van der Waals surface area contributed by atoms with Gasteiger partial charge in [-0.1, -0.05) is 24.3 Å². The van der Waals surface area contributed by atoms with Gasteiger partial charge in [0, 0.05) is 16.2 Å². The van der Waals surface area contributed by atoms with E-state index in [1.54, 1.807) is 25.8 Å². The minimum atomic E-state index is 0.0889. The Morgan fingerprint density at radius 2 is 1.71 bits per heavy atom. The molecule has 0 atom stereocenters. The molecule has 0 radical (unpaired) electrons. The Bertz CT molecular complexity index is 593. The van der Waals surface area contributed by atoms with E-state index in [9.17, 15) is 4.79 Å². The third-order valence-electron chi connectivity index (χ3n) is 2.94. The highest BCUT2D eigenvalue weighted by molar-refractivity contribution is 7.99. The zero-order chi connectivity index (χ0) is 15.1. The highest BCUT2D eigenvalue weighted by atomic mass is 32.2. The van der Waals surface area contributed by atoms with Gasteiger partial charge in [0.1, 0.15) is 0 Å². The van der Waals surface area contributed by atoms with E-state index in [0.29, 0.717) is 6.61 Å². The number of carbonyl (C=O) groups excluding carboxylic acids is 1. The SMILES string of the molecule is COc1ccccc1OCCSc1ccc(C(C)=O)cc1. The van der Waals surface area contributed by atoms with E-state index >= 15 is 0 Å². The van der Waals surface area contributed by atoms with Crippen molar-refractivity contribution in [3.8, 4) is 11.5 Å². The van der Waals surface area contributed by atoms with Crippen molar-refractivity contribution in [3.63, 3.8) is 0 Å². The summed E-state index contributed by atoms with van der Waals surface area (Å²) in [5.41, 5.74) is 0.740. The molecule has 0 saturated carbocycles. The first-order chi connectivity index (χ1) is 10.2. The number of ketones is 1. The van der Waals surface area contributed by atoms with Crippen molar-refractivity contribution >= 4 is 17.5 Å². The minimum Gasteiger partial charge on any atom is -0.493 e. The number of thioether (sulfide) groups is 1. The lowest BCUT2D eigenvalue weighted by Gasteiger charge is -2.10. The number of Topliss-reactive ketones (excluding diaryl/α,β-unsaturated/α-hetero) is 1. The van der Waals surface area contributed by atoms with Gasteiger partial charge in [-0.25, -0.2) is 0 Å². The van der Waals surface area contributed by atoms with Crippen LogP contribution in [-0.4, -0.2) is 25.3 Å². The molecule has 0 aliphatic heterocycles. The van der Waals surface area contributed by atoms with E-state index in [0.717, 1.165) is 27.7 Å². The fourth-order valence-electron chi connectivity index (χ4n) is 1.84. The van der Waals surface area contributed by atoms with Gasteiger partial charge in [-0.15, -0.1) is 11.8 Å². The number of hydrogen-bond acceptors (Lipinski definition) is 4. The van der Waals surface area contributed by atoms with E-state index < -0.39 is 0 Å². The molecule has 110 valence electrons. The highest BCUT2D eigenvalue weighted by Gasteiger charge is 2.03. The van der Waals surface area contributed by atoms with Crippen LogP contribution < -0.4 is 9.47 Å². The molecular formula is C17H18O3S. The molecule has 0 amide bonds. The van der Waals surface area contributed by atoms with Crippen molar-refractivity contribution < 1.29 is 14.3 Å². The number of carbonyl (C=O) groups is 1. The molecule has 0 fully saturated rings. The summed E-state index contributed by atoms with van der Waals surface area (Å²) < 4.78 is 10.9. The van der Waals surface area contributed by atoms with Gasteiger partial charge in [0.15, 0.2) is 17.3 Å². The standard InChI is InChI=1S/C17H18O3S/c1-13(18)14-7-9-15(10-8-14)21-12-11-20-17-6-4-3-5-16(17)19-2/h3-10H,11-12H2,1-2H3. The summed E-state index contributed by atoms with van der Waals surface area (Å²) in [6.45, 7) is 2.17. The summed E-state index contributed by atoms with van der Waals surface area (Å²) >= 11 is 1.70. The quantitative estimate of drug-likeness (QED) is 0.439. The molecule has 0 saturated heterocycles. The molecule has 0 spiro atoms. The maximum atomic E-state index is 11.2. The smallest absolute Gasteiger partial charge is 0.161 e. The lowest BCUT2D eigenvalue weighted by molar-refractivity contribution is 0.101. The summed E-state index contributed by atoms with van der Waals surface area (Å²) in [6, 6.07) is 15.2. The molecular weight excluding hydrogens is 284 g/mol. The van der Waals surface area contributed by atoms with Gasteiger partial charge in [-0.05, 0) is 31.2 Å². The van der Waals surface area contributed by atoms with Crippen LogP contribution in [0, 0.1) is 0 Å². The molecule has 2 rings (SSSR count). The molecule has 4 heteroatoms. The Morgan fingerprint density at radius 1 is 1.05 bits per heavy atom. The van der Waals surface area contributed by atoms with E-state index in [4.69, 9.17) is 9.47 Å². The van der Waals surface area contributed by atoms with Crippen molar-refractivity contribution in [1.29, 1.82) is 0 Å². The molecule has 2 aromatic carbocycles. The molecule has 0 unspecified atom stereocenters. The van der Waals surface area contributed by atoms with Crippen molar-refractivity contribution in [2.45, 2.75) is 11.8 Å². The Hall–Kier alpha value is -1.94. The van der Waals surface area contributed by atoms with E-state index in [-0.39, 0.29) is 5.78 Å². The van der Waals surface area contributed by atoms with Crippen LogP contribution >= 0.6 is 11.8 Å². The first-order valence-corrected chi connectivity index (χ1v) is 7.69. The fraction of sp³-hybridized carbons (Fsp3) is 0.235. The predicted octanol–water partition coefficient (Wildman–Crippen LogP) is 4.07. The van der Waals surface area contributed by atoms with E-state index in [2.05, 4.69) is 0 Å². The minimum absolute atomic E-state index is 0.0889. The van der Waals surface area contributed by atoms with Gasteiger partial charge in [-0.2, -0.15) is 0 Å².